The van der Waals surface area contributed by atoms with E-state index in [1.807, 2.05) is 6.07 Å². The largest absolute Gasteiger partial charge is 0.369 e. The smallest absolute Gasteiger partial charge is 0.146 e. The van der Waals surface area contributed by atoms with Gasteiger partial charge in [0, 0.05) is 19.6 Å². The van der Waals surface area contributed by atoms with E-state index in [4.69, 9.17) is 5.73 Å². The van der Waals surface area contributed by atoms with Crippen molar-refractivity contribution in [3.8, 4) is 0 Å². The summed E-state index contributed by atoms with van der Waals surface area (Å²) in [5.41, 5.74) is 7.25. The molecule has 2 nitrogen and oxygen atoms in total. The van der Waals surface area contributed by atoms with Crippen molar-refractivity contribution < 1.29 is 4.39 Å². The minimum absolute atomic E-state index is 0.146. The summed E-state index contributed by atoms with van der Waals surface area (Å²) in [6.45, 7) is 4.48. The van der Waals surface area contributed by atoms with Gasteiger partial charge in [0.1, 0.15) is 5.82 Å². The Balaban J connectivity index is 2.33. The molecule has 0 aromatic heterocycles. The molecule has 3 heteroatoms. The van der Waals surface area contributed by atoms with Crippen molar-refractivity contribution in [3.05, 3.63) is 29.6 Å². The summed E-state index contributed by atoms with van der Waals surface area (Å²) in [5.74, 6) is 0.502. The van der Waals surface area contributed by atoms with Crippen molar-refractivity contribution in [1.82, 2.24) is 0 Å². The summed E-state index contributed by atoms with van der Waals surface area (Å²) in [6.07, 6.45) is 1.14. The average molecular weight is 208 g/mol. The number of anilines is 1. The molecule has 1 saturated heterocycles. The van der Waals surface area contributed by atoms with Crippen LogP contribution in [0.1, 0.15) is 18.9 Å². The molecule has 15 heavy (non-hydrogen) atoms. The van der Waals surface area contributed by atoms with Gasteiger partial charge in [0.15, 0.2) is 0 Å². The maximum absolute atomic E-state index is 13.7. The lowest BCUT2D eigenvalue weighted by atomic mass is 10.1. The predicted molar refractivity (Wildman–Crippen MR) is 60.3 cm³/mol. The topological polar surface area (TPSA) is 29.3 Å². The molecule has 1 fully saturated rings. The first kappa shape index (κ1) is 10.4. The average Bonchev–Trinajstić information content (AvgIpc) is 2.64. The Morgan fingerprint density at radius 3 is 2.93 bits per heavy atom. The maximum atomic E-state index is 13.7. The third-order valence-electron chi connectivity index (χ3n) is 3.03. The standard InChI is InChI=1S/C12H17FN2/c1-9-5-6-15(8-9)12-10(7-14)3-2-4-11(12)13/h2-4,9H,5-8,14H2,1H3. The summed E-state index contributed by atoms with van der Waals surface area (Å²) < 4.78 is 13.7. The van der Waals surface area contributed by atoms with Gasteiger partial charge >= 0.3 is 0 Å². The molecule has 1 heterocycles. The first-order valence-corrected chi connectivity index (χ1v) is 5.44. The normalized spacial score (nSPS) is 21.0. The lowest BCUT2D eigenvalue weighted by Gasteiger charge is -2.21. The molecular weight excluding hydrogens is 191 g/mol. The Morgan fingerprint density at radius 1 is 1.53 bits per heavy atom. The van der Waals surface area contributed by atoms with Gasteiger partial charge in [-0.15, -0.1) is 0 Å². The van der Waals surface area contributed by atoms with Crippen molar-refractivity contribution in [3.63, 3.8) is 0 Å². The molecule has 2 rings (SSSR count). The molecule has 1 unspecified atom stereocenters. The molecule has 0 saturated carbocycles. The molecule has 1 aliphatic heterocycles. The SMILES string of the molecule is CC1CCN(c2c(F)cccc2CN)C1. The van der Waals surface area contributed by atoms with Gasteiger partial charge in [0.05, 0.1) is 5.69 Å². The third-order valence-corrected chi connectivity index (χ3v) is 3.03. The third kappa shape index (κ3) is 1.97. The van der Waals surface area contributed by atoms with Crippen molar-refractivity contribution in [1.29, 1.82) is 0 Å². The van der Waals surface area contributed by atoms with Crippen molar-refractivity contribution in [2.24, 2.45) is 11.7 Å². The second-order valence-electron chi connectivity index (χ2n) is 4.29. The fourth-order valence-electron chi connectivity index (χ4n) is 2.22. The molecular formula is C12H17FN2. The fourth-order valence-corrected chi connectivity index (χ4v) is 2.22. The number of para-hydroxylation sites is 1. The van der Waals surface area contributed by atoms with Gasteiger partial charge in [-0.05, 0) is 24.0 Å². The Labute approximate surface area is 89.9 Å². The summed E-state index contributed by atoms with van der Waals surface area (Å²) in [5, 5.41) is 0. The molecule has 2 N–H and O–H groups in total. The van der Waals surface area contributed by atoms with Gasteiger partial charge in [-0.1, -0.05) is 19.1 Å². The van der Waals surface area contributed by atoms with Gasteiger partial charge in [0.25, 0.3) is 0 Å². The van der Waals surface area contributed by atoms with Gasteiger partial charge in [-0.3, -0.25) is 0 Å². The summed E-state index contributed by atoms with van der Waals surface area (Å²) >= 11 is 0. The molecule has 0 radical (unpaired) electrons. The monoisotopic (exact) mass is 208 g/mol. The van der Waals surface area contributed by atoms with E-state index in [0.29, 0.717) is 18.2 Å². The molecule has 0 bridgehead atoms. The first-order chi connectivity index (χ1) is 7.22. The van der Waals surface area contributed by atoms with E-state index >= 15 is 0 Å². The van der Waals surface area contributed by atoms with Crippen molar-refractivity contribution >= 4 is 5.69 Å². The summed E-state index contributed by atoms with van der Waals surface area (Å²) in [4.78, 5) is 2.11. The van der Waals surface area contributed by atoms with Crippen LogP contribution in [0.2, 0.25) is 0 Å². The van der Waals surface area contributed by atoms with E-state index in [1.54, 1.807) is 6.07 Å². The zero-order valence-electron chi connectivity index (χ0n) is 9.04. The van der Waals surface area contributed by atoms with Crippen LogP contribution in [0, 0.1) is 11.7 Å². The number of halogens is 1. The number of benzene rings is 1. The van der Waals surface area contributed by atoms with Gasteiger partial charge in [-0.2, -0.15) is 0 Å². The highest BCUT2D eigenvalue weighted by Gasteiger charge is 2.22. The number of nitrogens with zero attached hydrogens (tertiary/aromatic N) is 1. The minimum atomic E-state index is -0.146. The van der Waals surface area contributed by atoms with Crippen LogP contribution in [0.25, 0.3) is 0 Å². The molecule has 1 aliphatic rings. The summed E-state index contributed by atoms with van der Waals surface area (Å²) in [7, 11) is 0. The van der Waals surface area contributed by atoms with Crippen LogP contribution in [0.4, 0.5) is 10.1 Å². The second-order valence-corrected chi connectivity index (χ2v) is 4.29. The van der Waals surface area contributed by atoms with E-state index < -0.39 is 0 Å². The highest BCUT2D eigenvalue weighted by Crippen LogP contribution is 2.29. The van der Waals surface area contributed by atoms with Crippen LogP contribution in [0.5, 0.6) is 0 Å². The summed E-state index contributed by atoms with van der Waals surface area (Å²) in [6, 6.07) is 5.14. The van der Waals surface area contributed by atoms with E-state index in [9.17, 15) is 4.39 Å². The lowest BCUT2D eigenvalue weighted by Crippen LogP contribution is -2.22. The number of rotatable bonds is 2. The van der Waals surface area contributed by atoms with Gasteiger partial charge in [0.2, 0.25) is 0 Å². The molecule has 1 aromatic rings. The molecule has 1 aromatic carbocycles. The first-order valence-electron chi connectivity index (χ1n) is 5.44. The van der Waals surface area contributed by atoms with E-state index in [1.165, 1.54) is 6.07 Å². The Kier molecular flexibility index (Phi) is 2.91. The molecule has 82 valence electrons. The van der Waals surface area contributed by atoms with E-state index in [-0.39, 0.29) is 5.82 Å². The molecule has 0 aliphatic carbocycles. The highest BCUT2D eigenvalue weighted by atomic mass is 19.1. The van der Waals surface area contributed by atoms with Crippen LogP contribution in [-0.4, -0.2) is 13.1 Å². The quantitative estimate of drug-likeness (QED) is 0.806. The van der Waals surface area contributed by atoms with Crippen LogP contribution < -0.4 is 10.6 Å². The Bertz CT molecular complexity index is 351. The maximum Gasteiger partial charge on any atom is 0.146 e. The van der Waals surface area contributed by atoms with Gasteiger partial charge in [-0.25, -0.2) is 4.39 Å². The number of nitrogens with two attached hydrogens (primary N) is 1. The van der Waals surface area contributed by atoms with Crippen LogP contribution in [0.3, 0.4) is 0 Å². The molecule has 0 spiro atoms. The number of hydrogen-bond donors (Lipinski definition) is 1. The number of hydrogen-bond acceptors (Lipinski definition) is 2. The van der Waals surface area contributed by atoms with Gasteiger partial charge < -0.3 is 10.6 Å². The molecule has 0 amide bonds. The highest BCUT2D eigenvalue weighted by molar-refractivity contribution is 5.55. The van der Waals surface area contributed by atoms with Crippen LogP contribution in [-0.2, 0) is 6.54 Å². The Hall–Kier alpha value is -1.09. The van der Waals surface area contributed by atoms with E-state index in [2.05, 4.69) is 11.8 Å². The zero-order valence-corrected chi connectivity index (χ0v) is 9.04. The van der Waals surface area contributed by atoms with Crippen LogP contribution in [0.15, 0.2) is 18.2 Å². The lowest BCUT2D eigenvalue weighted by molar-refractivity contribution is 0.617. The van der Waals surface area contributed by atoms with Crippen molar-refractivity contribution in [2.75, 3.05) is 18.0 Å². The van der Waals surface area contributed by atoms with E-state index in [0.717, 1.165) is 25.1 Å². The predicted octanol–water partition coefficient (Wildman–Crippen LogP) is 2.13. The Morgan fingerprint density at radius 2 is 2.33 bits per heavy atom. The molecule has 1 atom stereocenters. The van der Waals surface area contributed by atoms with Crippen molar-refractivity contribution in [2.45, 2.75) is 19.9 Å². The minimum Gasteiger partial charge on any atom is -0.369 e. The zero-order chi connectivity index (χ0) is 10.8. The fraction of sp³-hybridized carbons (Fsp3) is 0.500. The van der Waals surface area contributed by atoms with Crippen LogP contribution >= 0.6 is 0 Å². The second kappa shape index (κ2) is 4.19.